The third-order valence-electron chi connectivity index (χ3n) is 1.98. The molecule has 0 rings (SSSR count). The number of nitrogens with zero attached hydrogens (tertiary/aromatic N) is 1. The van der Waals surface area contributed by atoms with Crippen LogP contribution in [0.5, 0.6) is 0 Å². The van der Waals surface area contributed by atoms with Crippen LogP contribution >= 0.6 is 0 Å². The van der Waals surface area contributed by atoms with Crippen LogP contribution in [0.3, 0.4) is 0 Å². The van der Waals surface area contributed by atoms with Crippen LogP contribution in [-0.4, -0.2) is 36.6 Å². The van der Waals surface area contributed by atoms with Crippen LogP contribution in [0.4, 0.5) is 0 Å². The lowest BCUT2D eigenvalue weighted by molar-refractivity contribution is 0.286. The molecule has 0 saturated carbocycles. The first-order chi connectivity index (χ1) is 5.49. The Morgan fingerprint density at radius 2 is 1.67 bits per heavy atom. The van der Waals surface area contributed by atoms with Gasteiger partial charge < -0.3 is 10.2 Å². The van der Waals surface area contributed by atoms with Crippen LogP contribution in [0, 0.1) is 0 Å². The van der Waals surface area contributed by atoms with Crippen molar-refractivity contribution in [2.24, 2.45) is 0 Å². The van der Waals surface area contributed by atoms with Crippen molar-refractivity contribution in [2.45, 2.75) is 40.2 Å². The Labute approximate surface area is 78.8 Å². The first kappa shape index (κ1) is 11.9. The van der Waals surface area contributed by atoms with E-state index >= 15 is 0 Å². The maximum absolute atomic E-state index is 3.48. The van der Waals surface area contributed by atoms with Crippen LogP contribution in [-0.2, 0) is 0 Å². The summed E-state index contributed by atoms with van der Waals surface area (Å²) in [6.45, 7) is 15.6. The summed E-state index contributed by atoms with van der Waals surface area (Å²) in [4.78, 5) is 2.43. The Balaban J connectivity index is 0. The van der Waals surface area contributed by atoms with Crippen molar-refractivity contribution in [1.82, 2.24) is 10.2 Å². The van der Waals surface area contributed by atoms with Gasteiger partial charge in [0.1, 0.15) is 0 Å². The van der Waals surface area contributed by atoms with Crippen LogP contribution in [0.2, 0.25) is 0 Å². The minimum absolute atomic E-state index is 0. The average molecular weight is 174 g/mol. The topological polar surface area (TPSA) is 15.3 Å². The molecule has 0 amide bonds. The molecule has 1 N–H and O–H groups in total. The van der Waals surface area contributed by atoms with Gasteiger partial charge in [0.15, 0.2) is 0 Å². The van der Waals surface area contributed by atoms with Gasteiger partial charge in [0, 0.05) is 20.1 Å². The molecular formula is C10H26N2. The third kappa shape index (κ3) is 6.62. The van der Waals surface area contributed by atoms with Gasteiger partial charge in [0.25, 0.3) is 0 Å². The summed E-state index contributed by atoms with van der Waals surface area (Å²) >= 11 is 0. The Hall–Kier alpha value is -0.0800. The lowest BCUT2D eigenvalue weighted by atomic mass is 10.1. The Morgan fingerprint density at radius 3 is 2.00 bits per heavy atom. The molecule has 0 fully saturated rings. The predicted molar refractivity (Wildman–Crippen MR) is 57.7 cm³/mol. The van der Waals surface area contributed by atoms with Gasteiger partial charge in [-0.2, -0.15) is 0 Å². The Bertz CT molecular complexity index is 106. The fourth-order valence-corrected chi connectivity index (χ4v) is 1.13. The number of likely N-dealkylation sites (N-methyl/N-ethyl adjacent to an activating group) is 1. The predicted octanol–water partition coefficient (Wildman–Crippen LogP) is 1.96. The molecule has 0 bridgehead atoms. The quantitative estimate of drug-likeness (QED) is 0.685. The van der Waals surface area contributed by atoms with Gasteiger partial charge in [-0.05, 0) is 33.9 Å². The summed E-state index contributed by atoms with van der Waals surface area (Å²) < 4.78 is 0. The molecule has 0 spiro atoms. The van der Waals surface area contributed by atoms with Gasteiger partial charge in [-0.15, -0.1) is 0 Å². The minimum atomic E-state index is 0. The molecule has 0 aliphatic heterocycles. The van der Waals surface area contributed by atoms with Crippen molar-refractivity contribution in [3.8, 4) is 0 Å². The number of hydrogen-bond donors (Lipinski definition) is 1. The summed E-state index contributed by atoms with van der Waals surface area (Å²) in [7, 11) is 0. The molecule has 0 saturated heterocycles. The summed E-state index contributed by atoms with van der Waals surface area (Å²) in [6, 6.07) is 0. The van der Waals surface area contributed by atoms with Crippen molar-refractivity contribution in [2.75, 3.05) is 26.2 Å². The van der Waals surface area contributed by atoms with Gasteiger partial charge in [0.2, 0.25) is 0 Å². The van der Waals surface area contributed by atoms with E-state index in [0.717, 1.165) is 26.2 Å². The molecule has 12 heavy (non-hydrogen) atoms. The van der Waals surface area contributed by atoms with Crippen molar-refractivity contribution in [3.63, 3.8) is 0 Å². The Morgan fingerprint density at radius 1 is 1.17 bits per heavy atom. The van der Waals surface area contributed by atoms with Crippen molar-refractivity contribution >= 4 is 0 Å². The molecule has 2 nitrogen and oxygen atoms in total. The molecule has 0 aromatic heterocycles. The van der Waals surface area contributed by atoms with E-state index in [0.29, 0.717) is 0 Å². The summed E-state index contributed by atoms with van der Waals surface area (Å²) in [5.74, 6) is 0. The second-order valence-corrected chi connectivity index (χ2v) is 4.20. The molecule has 0 radical (unpaired) electrons. The zero-order chi connectivity index (χ0) is 9.61. The minimum Gasteiger partial charge on any atom is -0.311 e. The molecular weight excluding hydrogens is 148 g/mol. The van der Waals surface area contributed by atoms with Gasteiger partial charge in [-0.25, -0.2) is 0 Å². The van der Waals surface area contributed by atoms with Crippen LogP contribution in [0.25, 0.3) is 0 Å². The molecule has 0 atom stereocenters. The standard InChI is InChI=1S/C10H24N2.H2/c1-6-12(7-2)9-8-11-10(3,4)5;/h11H,6-9H2,1-5H3;1H. The molecule has 0 aromatic rings. The highest BCUT2D eigenvalue weighted by molar-refractivity contribution is 4.70. The van der Waals surface area contributed by atoms with Gasteiger partial charge in [-0.1, -0.05) is 13.8 Å². The van der Waals surface area contributed by atoms with Gasteiger partial charge >= 0.3 is 0 Å². The van der Waals surface area contributed by atoms with E-state index in [9.17, 15) is 0 Å². The van der Waals surface area contributed by atoms with Gasteiger partial charge in [0.05, 0.1) is 0 Å². The summed E-state index contributed by atoms with van der Waals surface area (Å²) in [5.41, 5.74) is 0.257. The first-order valence-electron chi connectivity index (χ1n) is 4.97. The monoisotopic (exact) mass is 174 g/mol. The molecule has 0 aromatic carbocycles. The largest absolute Gasteiger partial charge is 0.311 e. The second kappa shape index (κ2) is 5.55. The molecule has 2 heteroatoms. The summed E-state index contributed by atoms with van der Waals surface area (Å²) in [6.07, 6.45) is 0. The first-order valence-corrected chi connectivity index (χ1v) is 4.97. The van der Waals surface area contributed by atoms with E-state index < -0.39 is 0 Å². The summed E-state index contributed by atoms with van der Waals surface area (Å²) in [5, 5.41) is 3.48. The SMILES string of the molecule is CCN(CC)CCNC(C)(C)C.[HH]. The van der Waals surface area contributed by atoms with E-state index in [1.807, 2.05) is 0 Å². The number of nitrogens with one attached hydrogen (secondary N) is 1. The second-order valence-electron chi connectivity index (χ2n) is 4.20. The smallest absolute Gasteiger partial charge is 0.0107 e. The number of rotatable bonds is 5. The Kier molecular flexibility index (Phi) is 5.51. The normalized spacial score (nSPS) is 12.5. The maximum Gasteiger partial charge on any atom is 0.0107 e. The highest BCUT2D eigenvalue weighted by atomic mass is 15.1. The van der Waals surface area contributed by atoms with Crippen LogP contribution in [0.1, 0.15) is 36.0 Å². The van der Waals surface area contributed by atoms with E-state index in [1.165, 1.54) is 0 Å². The average Bonchev–Trinajstić information content (AvgIpc) is 1.96. The van der Waals surface area contributed by atoms with Crippen molar-refractivity contribution in [3.05, 3.63) is 0 Å². The van der Waals surface area contributed by atoms with E-state index in [4.69, 9.17) is 0 Å². The highest BCUT2D eigenvalue weighted by Crippen LogP contribution is 1.97. The van der Waals surface area contributed by atoms with Crippen molar-refractivity contribution in [1.29, 1.82) is 0 Å². The molecule has 76 valence electrons. The zero-order valence-electron chi connectivity index (χ0n) is 9.28. The van der Waals surface area contributed by atoms with E-state index in [2.05, 4.69) is 44.8 Å². The fraction of sp³-hybridized carbons (Fsp3) is 1.00. The number of hydrogen-bond acceptors (Lipinski definition) is 2. The zero-order valence-corrected chi connectivity index (χ0v) is 9.28. The molecule has 0 aliphatic rings. The van der Waals surface area contributed by atoms with Crippen LogP contribution < -0.4 is 5.32 Å². The van der Waals surface area contributed by atoms with Crippen molar-refractivity contribution < 1.29 is 1.43 Å². The molecule has 0 aliphatic carbocycles. The lowest BCUT2D eigenvalue weighted by Gasteiger charge is -2.24. The maximum atomic E-state index is 3.48. The highest BCUT2D eigenvalue weighted by Gasteiger charge is 2.08. The fourth-order valence-electron chi connectivity index (χ4n) is 1.13. The molecule has 0 heterocycles. The third-order valence-corrected chi connectivity index (χ3v) is 1.98. The molecule has 0 unspecified atom stereocenters. The van der Waals surface area contributed by atoms with Gasteiger partial charge in [-0.3, -0.25) is 0 Å². The van der Waals surface area contributed by atoms with E-state index in [-0.39, 0.29) is 6.97 Å². The van der Waals surface area contributed by atoms with Crippen LogP contribution in [0.15, 0.2) is 0 Å². The lowest BCUT2D eigenvalue weighted by Crippen LogP contribution is -2.41. The van der Waals surface area contributed by atoms with E-state index in [1.54, 1.807) is 0 Å².